The third-order valence-corrected chi connectivity index (χ3v) is 11.7. The highest BCUT2D eigenvalue weighted by atomic mass is 16.7. The number of fused-ring (bicyclic) bond motifs is 3. The number of nitrogens with one attached hydrogen (secondary N) is 1. The fourth-order valence-electron chi connectivity index (χ4n) is 8.29. The van der Waals surface area contributed by atoms with Crippen LogP contribution >= 0.6 is 0 Å². The Labute approximate surface area is 356 Å². The lowest BCUT2D eigenvalue weighted by atomic mass is 9.72. The van der Waals surface area contributed by atoms with E-state index in [2.05, 4.69) is 5.32 Å². The number of hydrogen-bond donors (Lipinski definition) is 9. The van der Waals surface area contributed by atoms with Gasteiger partial charge in [-0.25, -0.2) is 4.79 Å². The number of methoxy groups -OCH3 is 1. The molecule has 9 N–H and O–H groups in total. The van der Waals surface area contributed by atoms with Gasteiger partial charge < -0.3 is 74.6 Å². The Kier molecular flexibility index (Phi) is 12.5. The average Bonchev–Trinajstić information content (AvgIpc) is 3.24. The van der Waals surface area contributed by atoms with Crippen LogP contribution in [0.25, 0.3) is 0 Å². The minimum absolute atomic E-state index is 0.0334. The Morgan fingerprint density at radius 2 is 1.67 bits per heavy atom. The van der Waals surface area contributed by atoms with Crippen molar-refractivity contribution in [2.45, 2.75) is 107 Å². The maximum Gasteiger partial charge on any atom is 0.407 e. The summed E-state index contributed by atoms with van der Waals surface area (Å²) >= 11 is 0. The number of phenols is 2. The molecule has 1 amide bonds. The second-order valence-corrected chi connectivity index (χ2v) is 15.7. The van der Waals surface area contributed by atoms with Gasteiger partial charge in [-0.3, -0.25) is 24.5 Å². The average molecular weight is 885 g/mol. The molecule has 11 atom stereocenters. The number of Topliss-reactive ketones (excluding diaryl/α,β-unsaturated/α-hetero) is 1. The van der Waals surface area contributed by atoms with E-state index in [1.165, 1.54) is 38.3 Å². The standard InChI is InChI=1S/C41H44N2O20/c1-15-31(46)20(42-40(54)59-14-17-7-8-22(21(9-17)43(56)57)62-39-38(53)37(52)34(49)25(13-44)63-39)10-26(60-15)61-24-12-41(55,16(2)45)11-19-28(24)36(51)30-29(33(19)48)32(47)18-5-4-6-23(58-3)27(18)35(30)50/h4-9,15,20,24-26,31,34,37-39,44,46,48-49,51-53,55H,10-14H2,1-3H3,(H,42,54)/t15-,20-,24-,25+,26-,31+,34-,37-,38+,39+,41+/m0/s1. The second kappa shape index (κ2) is 17.4. The van der Waals surface area contributed by atoms with E-state index in [0.717, 1.165) is 19.1 Å². The summed E-state index contributed by atoms with van der Waals surface area (Å²) in [5.74, 6) is -4.31. The summed E-state index contributed by atoms with van der Waals surface area (Å²) in [6, 6.07) is 6.49. The number of phenolic OH excluding ortho intramolecular Hbond substituents is 2. The molecule has 7 rings (SSSR count). The lowest BCUT2D eigenvalue weighted by Crippen LogP contribution is -2.60. The largest absolute Gasteiger partial charge is 0.507 e. The molecule has 338 valence electrons. The molecule has 3 aromatic carbocycles. The lowest BCUT2D eigenvalue weighted by Gasteiger charge is -2.42. The lowest BCUT2D eigenvalue weighted by molar-refractivity contribution is -0.387. The molecule has 2 saturated heterocycles. The van der Waals surface area contributed by atoms with Gasteiger partial charge in [-0.2, -0.15) is 0 Å². The maximum atomic E-state index is 14.0. The van der Waals surface area contributed by atoms with E-state index in [1.54, 1.807) is 0 Å². The molecule has 63 heavy (non-hydrogen) atoms. The molecule has 22 heteroatoms. The molecule has 4 aliphatic rings. The van der Waals surface area contributed by atoms with Crippen LogP contribution in [0.1, 0.15) is 81.3 Å². The van der Waals surface area contributed by atoms with Crippen molar-refractivity contribution in [3.05, 3.63) is 85.5 Å². The number of nitrogens with zero attached hydrogens (tertiary/aromatic N) is 1. The van der Waals surface area contributed by atoms with Crippen molar-refractivity contribution in [1.29, 1.82) is 0 Å². The highest BCUT2D eigenvalue weighted by molar-refractivity contribution is 6.31. The van der Waals surface area contributed by atoms with Crippen LogP contribution in [0.5, 0.6) is 23.0 Å². The number of nitro groups is 1. The van der Waals surface area contributed by atoms with Crippen molar-refractivity contribution in [2.75, 3.05) is 13.7 Å². The monoisotopic (exact) mass is 884 g/mol. The first-order valence-corrected chi connectivity index (χ1v) is 19.6. The predicted molar refractivity (Wildman–Crippen MR) is 207 cm³/mol. The number of aromatic hydroxyl groups is 2. The van der Waals surface area contributed by atoms with Gasteiger partial charge in [-0.05, 0) is 31.5 Å². The van der Waals surface area contributed by atoms with Gasteiger partial charge in [0.15, 0.2) is 23.6 Å². The SMILES string of the molecule is COc1cccc2c1C(=O)c1c(O)c3c(c(O)c1C2=O)C[C@](O)(C(C)=O)C[C@@H]3O[C@H]1C[C@H](NC(=O)OCc2ccc(O[C@@H]3O[C@H](CO)[C@H](O)[C@H](O)[C@H]3O)c([N+](=O)[O-])c2)[C@H](O)[C@H](C)O1. The number of amides is 1. The number of rotatable bonds is 11. The first kappa shape index (κ1) is 45.2. The van der Waals surface area contributed by atoms with Crippen molar-refractivity contribution in [1.82, 2.24) is 5.32 Å². The van der Waals surface area contributed by atoms with Crippen LogP contribution in [-0.2, 0) is 36.8 Å². The quantitative estimate of drug-likeness (QED) is 0.0547. The minimum Gasteiger partial charge on any atom is -0.507 e. The van der Waals surface area contributed by atoms with E-state index in [9.17, 15) is 70.1 Å². The fraction of sp³-hybridized carbons (Fsp3) is 0.463. The van der Waals surface area contributed by atoms with Crippen LogP contribution in [0.4, 0.5) is 10.5 Å². The van der Waals surface area contributed by atoms with Gasteiger partial charge in [0.05, 0.1) is 53.6 Å². The van der Waals surface area contributed by atoms with E-state index in [0.29, 0.717) is 0 Å². The van der Waals surface area contributed by atoms with Crippen molar-refractivity contribution >= 4 is 29.1 Å². The van der Waals surface area contributed by atoms with E-state index >= 15 is 0 Å². The van der Waals surface area contributed by atoms with E-state index in [4.69, 9.17) is 28.4 Å². The number of carbonyl (C=O) groups is 4. The number of hydrogen-bond acceptors (Lipinski definition) is 20. The maximum absolute atomic E-state index is 14.0. The fourth-order valence-corrected chi connectivity index (χ4v) is 8.29. The molecule has 2 aliphatic carbocycles. The molecule has 0 radical (unpaired) electrons. The van der Waals surface area contributed by atoms with Crippen LogP contribution in [0.3, 0.4) is 0 Å². The molecule has 2 heterocycles. The van der Waals surface area contributed by atoms with Gasteiger partial charge >= 0.3 is 11.8 Å². The Bertz CT molecular complexity index is 2350. The minimum atomic E-state index is -2.20. The van der Waals surface area contributed by atoms with E-state index < -0.39 is 155 Å². The third-order valence-electron chi connectivity index (χ3n) is 11.7. The number of nitro benzene ring substituents is 1. The molecule has 0 bridgehead atoms. The Hall–Kier alpha value is -5.82. The smallest absolute Gasteiger partial charge is 0.407 e. The number of alkyl carbamates (subject to hydrolysis) is 1. The molecule has 0 spiro atoms. The molecule has 0 aromatic heterocycles. The molecule has 2 fully saturated rings. The summed E-state index contributed by atoms with van der Waals surface area (Å²) < 4.78 is 33.4. The van der Waals surface area contributed by atoms with Gasteiger partial charge in [0.1, 0.15) is 60.0 Å². The van der Waals surface area contributed by atoms with Crippen LogP contribution < -0.4 is 14.8 Å². The molecule has 3 aromatic rings. The number of ether oxygens (including phenoxy) is 6. The van der Waals surface area contributed by atoms with Gasteiger partial charge in [0, 0.05) is 42.0 Å². The van der Waals surface area contributed by atoms with Crippen LogP contribution in [0, 0.1) is 10.1 Å². The summed E-state index contributed by atoms with van der Waals surface area (Å²) in [6.45, 7) is 1.23. The third kappa shape index (κ3) is 8.16. The zero-order valence-electron chi connectivity index (χ0n) is 33.7. The molecule has 0 saturated carbocycles. The predicted octanol–water partition coefficient (Wildman–Crippen LogP) is 0.0835. The first-order chi connectivity index (χ1) is 29.8. The van der Waals surface area contributed by atoms with Gasteiger partial charge in [0.25, 0.3) is 0 Å². The summed E-state index contributed by atoms with van der Waals surface area (Å²) in [5, 5.41) is 100. The van der Waals surface area contributed by atoms with Crippen molar-refractivity contribution in [3.63, 3.8) is 0 Å². The normalized spacial score (nSPS) is 30.0. The first-order valence-electron chi connectivity index (χ1n) is 19.6. The van der Waals surface area contributed by atoms with Gasteiger partial charge in [-0.1, -0.05) is 18.2 Å². The molecule has 0 unspecified atom stereocenters. The van der Waals surface area contributed by atoms with E-state index in [-0.39, 0.29) is 40.0 Å². The van der Waals surface area contributed by atoms with Crippen LogP contribution in [0.2, 0.25) is 0 Å². The number of aliphatic hydroxyl groups is 6. The molecule has 2 aliphatic heterocycles. The summed E-state index contributed by atoms with van der Waals surface area (Å²) in [7, 11) is 1.28. The molecular formula is C41H44N2O20. The molecular weight excluding hydrogens is 840 g/mol. The Morgan fingerprint density at radius 1 is 0.952 bits per heavy atom. The van der Waals surface area contributed by atoms with Gasteiger partial charge in [0.2, 0.25) is 12.1 Å². The Balaban J connectivity index is 1.08. The van der Waals surface area contributed by atoms with Crippen LogP contribution in [-0.4, -0.2) is 144 Å². The highest BCUT2D eigenvalue weighted by Gasteiger charge is 2.50. The van der Waals surface area contributed by atoms with Crippen LogP contribution in [0.15, 0.2) is 36.4 Å². The summed E-state index contributed by atoms with van der Waals surface area (Å²) in [4.78, 5) is 64.7. The number of aliphatic hydroxyl groups excluding tert-OH is 5. The van der Waals surface area contributed by atoms with E-state index in [1.807, 2.05) is 0 Å². The molecule has 22 nitrogen and oxygen atoms in total. The number of benzene rings is 3. The van der Waals surface area contributed by atoms with Crippen molar-refractivity contribution in [2.24, 2.45) is 0 Å². The van der Waals surface area contributed by atoms with Crippen molar-refractivity contribution in [3.8, 4) is 23.0 Å². The number of ketones is 3. The van der Waals surface area contributed by atoms with Crippen molar-refractivity contribution < 1.29 is 93.4 Å². The topological polar surface area (TPSA) is 341 Å². The van der Waals surface area contributed by atoms with Gasteiger partial charge in [-0.15, -0.1) is 0 Å². The Morgan fingerprint density at radius 3 is 2.33 bits per heavy atom. The second-order valence-electron chi connectivity index (χ2n) is 15.7. The zero-order valence-corrected chi connectivity index (χ0v) is 33.7. The number of carbonyl (C=O) groups excluding carboxylic acids is 4. The zero-order chi connectivity index (χ0) is 45.8. The summed E-state index contributed by atoms with van der Waals surface area (Å²) in [6.07, 6.45) is -16.1. The summed E-state index contributed by atoms with van der Waals surface area (Å²) in [5.41, 5.74) is -4.56. The highest BCUT2D eigenvalue weighted by Crippen LogP contribution is 2.52.